The molecule has 0 amide bonds. The summed E-state index contributed by atoms with van der Waals surface area (Å²) >= 11 is 0. The Hall–Kier alpha value is -3.94. The molecule has 8 nitrogen and oxygen atoms in total. The van der Waals surface area contributed by atoms with Gasteiger partial charge in [-0.05, 0) is 38.0 Å². The maximum Gasteiger partial charge on any atom is 0.214 e. The molecule has 1 atom stereocenters. The largest absolute Gasteiger partial charge is 0.496 e. The Kier molecular flexibility index (Phi) is 5.79. The van der Waals surface area contributed by atoms with Crippen LogP contribution >= 0.6 is 0 Å². The van der Waals surface area contributed by atoms with Crippen LogP contribution in [0, 0.1) is 12.8 Å². The highest BCUT2D eigenvalue weighted by molar-refractivity contribution is 5.89. The van der Waals surface area contributed by atoms with Crippen molar-refractivity contribution in [3.8, 4) is 23.0 Å². The van der Waals surface area contributed by atoms with Crippen molar-refractivity contribution >= 4 is 22.6 Å². The summed E-state index contributed by atoms with van der Waals surface area (Å²) in [4.78, 5) is 7.15. The Bertz CT molecular complexity index is 1420. The van der Waals surface area contributed by atoms with Crippen LogP contribution in [0.2, 0.25) is 0 Å². The Morgan fingerprint density at radius 3 is 2.72 bits per heavy atom. The van der Waals surface area contributed by atoms with Gasteiger partial charge in [-0.25, -0.2) is 9.66 Å². The molecule has 1 saturated heterocycles. The van der Waals surface area contributed by atoms with Crippen LogP contribution in [0.25, 0.3) is 22.4 Å². The molecular weight excluding hydrogens is 456 g/mol. The summed E-state index contributed by atoms with van der Waals surface area (Å²) in [5, 5.41) is 5.30. The molecule has 0 N–H and O–H groups in total. The van der Waals surface area contributed by atoms with E-state index in [9.17, 15) is 0 Å². The monoisotopic (exact) mass is 486 g/mol. The van der Waals surface area contributed by atoms with E-state index in [4.69, 9.17) is 18.6 Å². The lowest BCUT2D eigenvalue weighted by Crippen LogP contribution is -2.37. The fourth-order valence-corrected chi connectivity index (χ4v) is 4.98. The maximum absolute atomic E-state index is 6.41. The standard InChI is InChI=1S/C28H30N4O4/c1-18-6-8-20(9-7-18)31-10-4-5-19(15-31)17-35-24-11-21(33-2)12-25-22(24)13-26(36-25)23-16-32-27(29-23)14-28(30-32)34-3/h6-9,11-13,16,19H,4-5,10,14-15,17H2,1-3H3/t19-/m0/s1. The lowest BCUT2D eigenvalue weighted by molar-refractivity contribution is 0.230. The van der Waals surface area contributed by atoms with E-state index in [1.165, 1.54) is 11.3 Å². The summed E-state index contributed by atoms with van der Waals surface area (Å²) in [6.45, 7) is 4.82. The Balaban J connectivity index is 1.22. The molecule has 186 valence electrons. The SMILES string of the molecule is COC1=Nn2cc(-c3cc4c(OC[C@H]5CCCN(c6ccc(C)cc6)C5)cc(OC)cc4o3)nc2C1. The average molecular weight is 487 g/mol. The summed E-state index contributed by atoms with van der Waals surface area (Å²) in [5.74, 6) is 4.05. The number of anilines is 1. The van der Waals surface area contributed by atoms with Gasteiger partial charge in [0.1, 0.15) is 28.6 Å². The van der Waals surface area contributed by atoms with Gasteiger partial charge in [0.25, 0.3) is 0 Å². The molecule has 8 heteroatoms. The molecule has 0 bridgehead atoms. The second kappa shape index (κ2) is 9.26. The molecule has 1 fully saturated rings. The second-order valence-electron chi connectivity index (χ2n) is 9.51. The summed E-state index contributed by atoms with van der Waals surface area (Å²) in [7, 11) is 3.27. The molecule has 6 rings (SSSR count). The van der Waals surface area contributed by atoms with Gasteiger partial charge in [-0.2, -0.15) is 0 Å². The zero-order chi connectivity index (χ0) is 24.6. The first kappa shape index (κ1) is 22.5. The Labute approximate surface area is 210 Å². The highest BCUT2D eigenvalue weighted by Crippen LogP contribution is 2.37. The van der Waals surface area contributed by atoms with Crippen LogP contribution < -0.4 is 14.4 Å². The lowest BCUT2D eigenvalue weighted by atomic mass is 9.98. The Morgan fingerprint density at radius 1 is 1.08 bits per heavy atom. The van der Waals surface area contributed by atoms with E-state index >= 15 is 0 Å². The minimum atomic E-state index is 0.441. The molecule has 2 aliphatic rings. The fourth-order valence-electron chi connectivity index (χ4n) is 4.98. The van der Waals surface area contributed by atoms with Gasteiger partial charge < -0.3 is 23.5 Å². The van der Waals surface area contributed by atoms with Crippen molar-refractivity contribution in [1.82, 2.24) is 9.66 Å². The number of rotatable bonds is 6. The van der Waals surface area contributed by atoms with E-state index in [2.05, 4.69) is 46.2 Å². The fraction of sp³-hybridized carbons (Fsp3) is 0.357. The molecule has 2 aromatic carbocycles. The quantitative estimate of drug-likeness (QED) is 0.370. The van der Waals surface area contributed by atoms with Crippen molar-refractivity contribution in [3.05, 3.63) is 60.0 Å². The number of piperidine rings is 1. The van der Waals surface area contributed by atoms with Crippen LogP contribution in [0.3, 0.4) is 0 Å². The van der Waals surface area contributed by atoms with E-state index in [1.54, 1.807) is 18.9 Å². The first-order valence-corrected chi connectivity index (χ1v) is 12.4. The minimum absolute atomic E-state index is 0.441. The number of aromatic nitrogens is 2. The van der Waals surface area contributed by atoms with E-state index < -0.39 is 0 Å². The minimum Gasteiger partial charge on any atom is -0.496 e. The summed E-state index contributed by atoms with van der Waals surface area (Å²) in [6.07, 6.45) is 4.73. The first-order chi connectivity index (χ1) is 17.6. The number of furan rings is 1. The van der Waals surface area contributed by atoms with Gasteiger partial charge in [0.05, 0.1) is 38.8 Å². The summed E-state index contributed by atoms with van der Waals surface area (Å²) in [6, 6.07) is 14.6. The molecule has 4 heterocycles. The molecule has 0 radical (unpaired) electrons. The number of fused-ring (bicyclic) bond motifs is 2. The molecule has 0 saturated carbocycles. The first-order valence-electron chi connectivity index (χ1n) is 12.4. The molecule has 0 spiro atoms. The van der Waals surface area contributed by atoms with Crippen molar-refractivity contribution < 1.29 is 18.6 Å². The summed E-state index contributed by atoms with van der Waals surface area (Å²) in [5.41, 5.74) is 4.00. The van der Waals surface area contributed by atoms with Crippen molar-refractivity contribution in [3.63, 3.8) is 0 Å². The van der Waals surface area contributed by atoms with E-state index in [0.29, 0.717) is 41.9 Å². The molecule has 2 aliphatic heterocycles. The van der Waals surface area contributed by atoms with Gasteiger partial charge in [0.2, 0.25) is 5.90 Å². The van der Waals surface area contributed by atoms with Crippen LogP contribution in [0.1, 0.15) is 24.2 Å². The Morgan fingerprint density at radius 2 is 1.94 bits per heavy atom. The normalized spacial score (nSPS) is 17.2. The van der Waals surface area contributed by atoms with Gasteiger partial charge >= 0.3 is 0 Å². The molecule has 0 unspecified atom stereocenters. The molecule has 2 aromatic heterocycles. The van der Waals surface area contributed by atoms with E-state index in [1.807, 2.05) is 24.4 Å². The van der Waals surface area contributed by atoms with E-state index in [-0.39, 0.29) is 0 Å². The predicted octanol–water partition coefficient (Wildman–Crippen LogP) is 5.27. The van der Waals surface area contributed by atoms with E-state index in [0.717, 1.165) is 48.6 Å². The lowest BCUT2D eigenvalue weighted by Gasteiger charge is -2.34. The van der Waals surface area contributed by atoms with Crippen LogP contribution in [0.5, 0.6) is 11.5 Å². The van der Waals surface area contributed by atoms with Crippen LogP contribution in [-0.4, -0.2) is 49.5 Å². The third-order valence-corrected chi connectivity index (χ3v) is 6.98. The topological polar surface area (TPSA) is 74.2 Å². The number of hydrogen-bond donors (Lipinski definition) is 0. The highest BCUT2D eigenvalue weighted by Gasteiger charge is 2.23. The number of methoxy groups -OCH3 is 2. The highest BCUT2D eigenvalue weighted by atomic mass is 16.5. The number of imidazole rings is 1. The zero-order valence-corrected chi connectivity index (χ0v) is 20.9. The van der Waals surface area contributed by atoms with Gasteiger partial charge in [-0.3, -0.25) is 0 Å². The van der Waals surface area contributed by atoms with Crippen LogP contribution in [0.4, 0.5) is 5.69 Å². The van der Waals surface area contributed by atoms with Crippen molar-refractivity contribution in [1.29, 1.82) is 0 Å². The van der Waals surface area contributed by atoms with Gasteiger partial charge in [0, 0.05) is 36.8 Å². The number of benzene rings is 2. The van der Waals surface area contributed by atoms with Gasteiger partial charge in [0.15, 0.2) is 5.76 Å². The van der Waals surface area contributed by atoms with Crippen molar-refractivity contribution in [2.45, 2.75) is 26.2 Å². The molecular formula is C28H30N4O4. The second-order valence-corrected chi connectivity index (χ2v) is 9.51. The smallest absolute Gasteiger partial charge is 0.214 e. The molecule has 4 aromatic rings. The van der Waals surface area contributed by atoms with Gasteiger partial charge in [-0.1, -0.05) is 17.7 Å². The summed E-state index contributed by atoms with van der Waals surface area (Å²) < 4.78 is 25.1. The number of hydrogen-bond acceptors (Lipinski definition) is 7. The average Bonchev–Trinajstić information content (AvgIpc) is 3.60. The predicted molar refractivity (Wildman–Crippen MR) is 139 cm³/mol. The number of ether oxygens (including phenoxy) is 3. The zero-order valence-electron chi connectivity index (χ0n) is 20.9. The van der Waals surface area contributed by atoms with Crippen molar-refractivity contribution in [2.24, 2.45) is 11.0 Å². The number of nitrogens with zero attached hydrogens (tertiary/aromatic N) is 4. The third kappa shape index (κ3) is 4.27. The molecule has 0 aliphatic carbocycles. The molecule has 36 heavy (non-hydrogen) atoms. The van der Waals surface area contributed by atoms with Crippen LogP contribution in [0.15, 0.2) is 58.2 Å². The third-order valence-electron chi connectivity index (χ3n) is 6.98. The van der Waals surface area contributed by atoms with Gasteiger partial charge in [-0.15, -0.1) is 5.10 Å². The van der Waals surface area contributed by atoms with Crippen molar-refractivity contribution in [2.75, 3.05) is 38.8 Å². The number of aryl methyl sites for hydroxylation is 1. The van der Waals surface area contributed by atoms with Crippen LogP contribution in [-0.2, 0) is 11.2 Å². The maximum atomic E-state index is 6.41.